The summed E-state index contributed by atoms with van der Waals surface area (Å²) in [6, 6.07) is 3.26. The number of aryl methyl sites for hydroxylation is 1. The van der Waals surface area contributed by atoms with E-state index in [1.807, 2.05) is 0 Å². The van der Waals surface area contributed by atoms with E-state index in [1.54, 1.807) is 29.7 Å². The van der Waals surface area contributed by atoms with Crippen molar-refractivity contribution in [3.8, 4) is 0 Å². The second-order valence-electron chi connectivity index (χ2n) is 6.81. The summed E-state index contributed by atoms with van der Waals surface area (Å²) in [5.41, 5.74) is 1.18. The van der Waals surface area contributed by atoms with Gasteiger partial charge in [0.25, 0.3) is 0 Å². The number of piperidine rings is 1. The molecular formula is C18H26N4O2S2. The van der Waals surface area contributed by atoms with Crippen molar-refractivity contribution >= 4 is 27.0 Å². The Morgan fingerprint density at radius 1 is 1.35 bits per heavy atom. The van der Waals surface area contributed by atoms with Crippen molar-refractivity contribution in [2.45, 2.75) is 37.6 Å². The molecule has 1 fully saturated rings. The third-order valence-electron chi connectivity index (χ3n) is 4.72. The van der Waals surface area contributed by atoms with Crippen LogP contribution in [0.25, 0.3) is 0 Å². The molecule has 2 aromatic heterocycles. The number of anilines is 1. The maximum atomic E-state index is 11.9. The second-order valence-corrected chi connectivity index (χ2v) is 9.74. The van der Waals surface area contributed by atoms with Crippen LogP contribution in [0.4, 0.5) is 5.82 Å². The van der Waals surface area contributed by atoms with E-state index < -0.39 is 9.84 Å². The van der Waals surface area contributed by atoms with E-state index >= 15 is 0 Å². The van der Waals surface area contributed by atoms with Crippen LogP contribution in [0.2, 0.25) is 0 Å². The molecule has 142 valence electrons. The molecule has 0 spiro atoms. The van der Waals surface area contributed by atoms with Gasteiger partial charge in [-0.3, -0.25) is 4.90 Å². The lowest BCUT2D eigenvalue weighted by Gasteiger charge is -2.31. The zero-order chi connectivity index (χ0) is 18.6. The lowest BCUT2D eigenvalue weighted by Crippen LogP contribution is -2.35. The first-order chi connectivity index (χ1) is 12.5. The molecule has 3 heterocycles. The molecular weight excluding hydrogens is 368 g/mol. The smallest absolute Gasteiger partial charge is 0.179 e. The summed E-state index contributed by atoms with van der Waals surface area (Å²) in [6.07, 6.45) is 6.03. The summed E-state index contributed by atoms with van der Waals surface area (Å²) in [5, 5.41) is 6.62. The average Bonchev–Trinajstić information content (AvgIpc) is 3.08. The fourth-order valence-corrected chi connectivity index (χ4v) is 4.76. The molecule has 8 heteroatoms. The Kier molecular flexibility index (Phi) is 6.26. The minimum Gasteiger partial charge on any atom is -0.369 e. The first kappa shape index (κ1) is 19.3. The molecule has 0 unspecified atom stereocenters. The van der Waals surface area contributed by atoms with Gasteiger partial charge in [-0.2, -0.15) is 0 Å². The van der Waals surface area contributed by atoms with Gasteiger partial charge < -0.3 is 5.32 Å². The van der Waals surface area contributed by atoms with Gasteiger partial charge in [0.15, 0.2) is 9.84 Å². The summed E-state index contributed by atoms with van der Waals surface area (Å²) < 4.78 is 23.7. The Morgan fingerprint density at radius 3 is 2.77 bits per heavy atom. The van der Waals surface area contributed by atoms with Crippen LogP contribution in [0, 0.1) is 5.92 Å². The van der Waals surface area contributed by atoms with Crippen LogP contribution in [-0.2, 0) is 22.8 Å². The van der Waals surface area contributed by atoms with Crippen LogP contribution < -0.4 is 5.32 Å². The first-order valence-corrected chi connectivity index (χ1v) is 11.8. The molecule has 0 radical (unpaired) electrons. The monoisotopic (exact) mass is 394 g/mol. The number of hydrogen-bond donors (Lipinski definition) is 1. The molecule has 3 rings (SSSR count). The summed E-state index contributed by atoms with van der Waals surface area (Å²) in [6.45, 7) is 5.91. The molecule has 1 aliphatic rings. The molecule has 1 aliphatic heterocycles. The number of sulfone groups is 1. The van der Waals surface area contributed by atoms with Crippen LogP contribution in [0.15, 0.2) is 28.6 Å². The number of aromatic nitrogens is 2. The fourth-order valence-electron chi connectivity index (χ4n) is 3.23. The van der Waals surface area contributed by atoms with Crippen LogP contribution in [0.1, 0.15) is 30.5 Å². The topological polar surface area (TPSA) is 75.2 Å². The van der Waals surface area contributed by atoms with Crippen molar-refractivity contribution in [3.63, 3.8) is 0 Å². The molecule has 1 saturated heterocycles. The Bertz CT molecular complexity index is 827. The molecule has 1 N–H and O–H groups in total. The average molecular weight is 395 g/mol. The number of thiazole rings is 1. The van der Waals surface area contributed by atoms with Crippen molar-refractivity contribution in [3.05, 3.63) is 34.4 Å². The van der Waals surface area contributed by atoms with Gasteiger partial charge >= 0.3 is 0 Å². The fraction of sp³-hybridized carbons (Fsp3) is 0.556. The van der Waals surface area contributed by atoms with E-state index in [-0.39, 0.29) is 4.90 Å². The third-order valence-corrected chi connectivity index (χ3v) is 6.89. The molecule has 2 aromatic rings. The quantitative estimate of drug-likeness (QED) is 0.778. The highest BCUT2D eigenvalue weighted by Gasteiger charge is 2.21. The third kappa shape index (κ3) is 5.02. The first-order valence-electron chi connectivity index (χ1n) is 9.00. The zero-order valence-electron chi connectivity index (χ0n) is 15.3. The molecule has 26 heavy (non-hydrogen) atoms. The van der Waals surface area contributed by atoms with Crippen molar-refractivity contribution in [1.29, 1.82) is 0 Å². The van der Waals surface area contributed by atoms with Crippen LogP contribution in [0.3, 0.4) is 0 Å². The normalized spacial score (nSPS) is 16.7. The van der Waals surface area contributed by atoms with Gasteiger partial charge in [-0.05, 0) is 50.4 Å². The van der Waals surface area contributed by atoms with E-state index in [1.165, 1.54) is 17.0 Å². The Morgan fingerprint density at radius 2 is 2.12 bits per heavy atom. The van der Waals surface area contributed by atoms with E-state index in [9.17, 15) is 8.42 Å². The van der Waals surface area contributed by atoms with Gasteiger partial charge in [0.1, 0.15) is 10.7 Å². The molecule has 0 aromatic carbocycles. The standard InChI is InChI=1S/C18H26N4O2S2/c1-3-17-21-15(13-25-17)12-22-9-6-14(7-10-22)11-20-18-16(26(2,23)24)5-4-8-19-18/h4-5,8,13-14H,3,6-7,9-12H2,1-2H3,(H,19,20). The lowest BCUT2D eigenvalue weighted by molar-refractivity contribution is 0.181. The highest BCUT2D eigenvalue weighted by molar-refractivity contribution is 7.90. The number of nitrogens with zero attached hydrogens (tertiary/aromatic N) is 3. The van der Waals surface area contributed by atoms with Gasteiger partial charge in [0.2, 0.25) is 0 Å². The number of likely N-dealkylation sites (tertiary alicyclic amines) is 1. The van der Waals surface area contributed by atoms with Crippen LogP contribution >= 0.6 is 11.3 Å². The molecule has 0 amide bonds. The summed E-state index contributed by atoms with van der Waals surface area (Å²) in [7, 11) is -3.27. The molecule has 6 nitrogen and oxygen atoms in total. The Balaban J connectivity index is 1.49. The van der Waals surface area contributed by atoms with Crippen molar-refractivity contribution < 1.29 is 8.42 Å². The number of rotatable bonds is 7. The maximum absolute atomic E-state index is 11.9. The molecule has 0 saturated carbocycles. The Labute approximate surface area is 159 Å². The largest absolute Gasteiger partial charge is 0.369 e. The predicted octanol–water partition coefficient (Wildman–Crippen LogP) is 2.83. The van der Waals surface area contributed by atoms with Gasteiger partial charge in [-0.25, -0.2) is 18.4 Å². The van der Waals surface area contributed by atoms with E-state index in [4.69, 9.17) is 0 Å². The van der Waals surface area contributed by atoms with Crippen LogP contribution in [0.5, 0.6) is 0 Å². The van der Waals surface area contributed by atoms with Crippen LogP contribution in [-0.4, -0.2) is 49.2 Å². The minimum absolute atomic E-state index is 0.271. The molecule has 0 atom stereocenters. The van der Waals surface area contributed by atoms with Crippen molar-refractivity contribution in [2.24, 2.45) is 5.92 Å². The van der Waals surface area contributed by atoms with Crippen molar-refractivity contribution in [1.82, 2.24) is 14.9 Å². The molecule has 0 bridgehead atoms. The number of pyridine rings is 1. The molecule has 0 aliphatic carbocycles. The minimum atomic E-state index is -3.27. The van der Waals surface area contributed by atoms with Gasteiger partial charge in [0.05, 0.1) is 10.7 Å². The maximum Gasteiger partial charge on any atom is 0.179 e. The van der Waals surface area contributed by atoms with Gasteiger partial charge in [-0.15, -0.1) is 11.3 Å². The number of nitrogens with one attached hydrogen (secondary N) is 1. The highest BCUT2D eigenvalue weighted by atomic mass is 32.2. The van der Waals surface area contributed by atoms with Gasteiger partial charge in [0, 0.05) is 30.9 Å². The van der Waals surface area contributed by atoms with Crippen molar-refractivity contribution in [2.75, 3.05) is 31.2 Å². The summed E-state index contributed by atoms with van der Waals surface area (Å²) in [4.78, 5) is 11.6. The van der Waals surface area contributed by atoms with E-state index in [0.717, 1.165) is 45.4 Å². The SMILES string of the molecule is CCc1nc(CN2CCC(CNc3ncccc3S(C)(=O)=O)CC2)cs1. The predicted molar refractivity (Wildman–Crippen MR) is 105 cm³/mol. The Hall–Kier alpha value is -1.51. The zero-order valence-corrected chi connectivity index (χ0v) is 16.9. The summed E-state index contributed by atoms with van der Waals surface area (Å²) in [5.74, 6) is 0.995. The lowest BCUT2D eigenvalue weighted by atomic mass is 9.96. The highest BCUT2D eigenvalue weighted by Crippen LogP contribution is 2.22. The van der Waals surface area contributed by atoms with E-state index in [0.29, 0.717) is 11.7 Å². The number of hydrogen-bond acceptors (Lipinski definition) is 7. The van der Waals surface area contributed by atoms with E-state index in [2.05, 4.69) is 32.5 Å². The van der Waals surface area contributed by atoms with Gasteiger partial charge in [-0.1, -0.05) is 6.92 Å². The summed E-state index contributed by atoms with van der Waals surface area (Å²) >= 11 is 1.74. The second kappa shape index (κ2) is 8.45.